The topological polar surface area (TPSA) is 218 Å². The van der Waals surface area contributed by atoms with Gasteiger partial charge in [0.05, 0.1) is 22.5 Å². The second kappa shape index (κ2) is 20.7. The van der Waals surface area contributed by atoms with Crippen LogP contribution in [0.15, 0.2) is 128 Å². The van der Waals surface area contributed by atoms with Crippen LogP contribution in [0.4, 0.5) is 10.5 Å². The largest absolute Gasteiger partial charge is 0.458 e. The number of anilines is 1. The van der Waals surface area contributed by atoms with Crippen LogP contribution in [0.5, 0.6) is 11.5 Å². The zero-order valence-corrected chi connectivity index (χ0v) is 42.8. The number of para-hydroxylation sites is 1. The minimum Gasteiger partial charge on any atom is -0.458 e. The molecule has 2 aliphatic heterocycles. The Morgan fingerprint density at radius 3 is 2.04 bits per heavy atom. The quantitative estimate of drug-likeness (QED) is 0.0511. The molecule has 20 heteroatoms. The van der Waals surface area contributed by atoms with Gasteiger partial charge in [-0.15, -0.1) is 0 Å². The summed E-state index contributed by atoms with van der Waals surface area (Å²) >= 11 is 0.668. The molecule has 6 rings (SSSR count). The molecule has 15 nitrogen and oxygen atoms in total. The van der Waals surface area contributed by atoms with E-state index in [1.165, 1.54) is 24.0 Å². The van der Waals surface area contributed by atoms with Crippen molar-refractivity contribution < 1.29 is 49.1 Å². The molecule has 0 saturated carbocycles. The van der Waals surface area contributed by atoms with E-state index in [1.54, 1.807) is 44.2 Å². The maximum atomic E-state index is 15.0. The van der Waals surface area contributed by atoms with E-state index >= 15 is 0 Å². The van der Waals surface area contributed by atoms with E-state index in [-0.39, 0.29) is 38.4 Å². The van der Waals surface area contributed by atoms with Crippen molar-refractivity contribution in [1.82, 2.24) is 9.29 Å². The van der Waals surface area contributed by atoms with Crippen molar-refractivity contribution in [3.8, 4) is 11.5 Å². The number of nitrogens with zero attached hydrogens (tertiary/aromatic N) is 1. The average molecular weight is 1010 g/mol. The van der Waals surface area contributed by atoms with Gasteiger partial charge in [-0.25, -0.2) is 44.4 Å². The van der Waals surface area contributed by atoms with Gasteiger partial charge in [0.2, 0.25) is 28.3 Å². The van der Waals surface area contributed by atoms with Crippen LogP contribution in [-0.2, 0) is 39.4 Å². The van der Waals surface area contributed by atoms with Gasteiger partial charge in [0.1, 0.15) is 31.8 Å². The van der Waals surface area contributed by atoms with Gasteiger partial charge in [-0.3, -0.25) is 4.90 Å². The minimum absolute atomic E-state index is 0.0145. The predicted octanol–water partition coefficient (Wildman–Crippen LogP) is 7.20. The third-order valence-electron chi connectivity index (χ3n) is 11.6. The van der Waals surface area contributed by atoms with Gasteiger partial charge >= 0.3 is 12.1 Å². The number of benzene rings is 4. The number of sulfonamides is 2. The molecule has 1 unspecified atom stereocenters. The number of esters is 1. The summed E-state index contributed by atoms with van der Waals surface area (Å²) in [5.74, 6) is -0.710. The number of nitrogens with one attached hydrogen (secondary N) is 2. The molecule has 4 N–H and O–H groups in total. The summed E-state index contributed by atoms with van der Waals surface area (Å²) in [6.07, 6.45) is 1.02. The summed E-state index contributed by atoms with van der Waals surface area (Å²) in [4.78, 5) is 28.5. The number of carbonyl (C=O) groups is 2. The maximum Gasteiger partial charge on any atom is 0.410 e. The van der Waals surface area contributed by atoms with E-state index in [2.05, 4.69) is 9.70 Å². The number of likely N-dealkylation sites (N-methyl/N-ethyl adjacent to an activating group) is 1. The Balaban J connectivity index is 1.28. The highest BCUT2D eigenvalue weighted by molar-refractivity contribution is 8.28. The van der Waals surface area contributed by atoms with Crippen LogP contribution in [-0.4, -0.2) is 87.5 Å². The number of unbranched alkanes of at least 4 members (excludes halogenated alkanes) is 1. The third kappa shape index (κ3) is 11.2. The molecule has 4 aromatic rings. The number of ether oxygens (including phenoxy) is 3. The number of thioether (sulfide) groups is 1. The number of amides is 1. The molecule has 3 atom stereocenters. The Labute approximate surface area is 399 Å². The molecule has 0 radical (unpaired) electrons. The maximum absolute atomic E-state index is 15.0. The normalized spacial score (nSPS) is 17.8. The first-order chi connectivity index (χ1) is 31.5. The van der Waals surface area contributed by atoms with Crippen molar-refractivity contribution in [2.75, 3.05) is 25.0 Å². The van der Waals surface area contributed by atoms with Crippen molar-refractivity contribution in [2.24, 2.45) is 5.14 Å². The number of rotatable bonds is 18. The van der Waals surface area contributed by atoms with Crippen LogP contribution < -0.4 is 30.0 Å². The van der Waals surface area contributed by atoms with E-state index in [4.69, 9.17) is 19.3 Å². The van der Waals surface area contributed by atoms with Crippen LogP contribution in [0.25, 0.3) is 0 Å². The number of primary sulfonamides is 1. The molecular formula is C47H58N4O11S4Si. The van der Waals surface area contributed by atoms with E-state index in [0.717, 1.165) is 29.3 Å². The monoisotopic (exact) mass is 1010 g/mol. The molecule has 0 aliphatic carbocycles. The number of nitrogens with two attached hydrogens (primary N) is 1. The van der Waals surface area contributed by atoms with E-state index in [9.17, 15) is 34.8 Å². The second-order valence-corrected chi connectivity index (χ2v) is 29.2. The van der Waals surface area contributed by atoms with Crippen molar-refractivity contribution in [2.45, 2.75) is 95.1 Å². The van der Waals surface area contributed by atoms with E-state index < -0.39 is 84.1 Å². The molecular weight excluding hydrogens is 953 g/mol. The molecule has 1 amide bonds. The number of hydrogen-bond donors (Lipinski definition) is 3. The highest BCUT2D eigenvalue weighted by Crippen LogP contribution is 2.50. The first-order valence-electron chi connectivity index (χ1n) is 21.9. The Morgan fingerprint density at radius 1 is 0.925 bits per heavy atom. The van der Waals surface area contributed by atoms with Crippen LogP contribution in [0.1, 0.15) is 78.1 Å². The van der Waals surface area contributed by atoms with Gasteiger partial charge in [-0.05, 0) is 84.9 Å². The molecule has 0 fully saturated rings. The lowest BCUT2D eigenvalue weighted by molar-refractivity contribution is 0.0123. The first kappa shape index (κ1) is 51.4. The summed E-state index contributed by atoms with van der Waals surface area (Å²) < 4.78 is 104. The van der Waals surface area contributed by atoms with Gasteiger partial charge in [-0.2, -0.15) is 0 Å². The SMILES string of the molecule is CCCCNc1cc(C(=O)OCC(C)OC(=O)N(CC)[C@H]2C=C(S(=O)(=O)N[Si](c3ccccc3)(c3ccccc3)C(C)(C)C)SC3=C2C[C@H](C)S3(=O)=O)cc(S(N)(=O)=O)c1Oc1ccccc1. The molecule has 0 bridgehead atoms. The number of carbonyl (C=O) groups excluding carboxylic acids is 2. The smallest absolute Gasteiger partial charge is 0.410 e. The molecule has 0 saturated heterocycles. The molecule has 67 heavy (non-hydrogen) atoms. The van der Waals surface area contributed by atoms with Crippen molar-refractivity contribution in [3.63, 3.8) is 0 Å². The lowest BCUT2D eigenvalue weighted by atomic mass is 10.0. The fraction of sp³-hybridized carbons (Fsp3) is 0.362. The highest BCUT2D eigenvalue weighted by atomic mass is 32.3. The van der Waals surface area contributed by atoms with Crippen molar-refractivity contribution in [1.29, 1.82) is 0 Å². The zero-order valence-electron chi connectivity index (χ0n) is 38.5. The van der Waals surface area contributed by atoms with Crippen LogP contribution >= 0.6 is 11.8 Å². The van der Waals surface area contributed by atoms with E-state index in [0.29, 0.717) is 29.6 Å². The molecule has 360 valence electrons. The first-order valence-corrected chi connectivity index (χ1v) is 29.3. The summed E-state index contributed by atoms with van der Waals surface area (Å²) in [5.41, 5.74) is 0.388. The molecule has 2 heterocycles. The van der Waals surface area contributed by atoms with Gasteiger partial charge in [0.15, 0.2) is 15.6 Å². The lowest BCUT2D eigenvalue weighted by Crippen LogP contribution is -2.74. The fourth-order valence-corrected chi connectivity index (χ4v) is 21.2. The summed E-state index contributed by atoms with van der Waals surface area (Å²) in [7, 11) is -16.4. The highest BCUT2D eigenvalue weighted by Gasteiger charge is 2.53. The Kier molecular flexibility index (Phi) is 15.9. The summed E-state index contributed by atoms with van der Waals surface area (Å²) in [5, 5.41) is 8.85. The van der Waals surface area contributed by atoms with Crippen LogP contribution in [0.2, 0.25) is 5.04 Å². The van der Waals surface area contributed by atoms with E-state index in [1.807, 2.05) is 88.4 Å². The molecule has 2 aliphatic rings. The fourth-order valence-electron chi connectivity index (χ4n) is 8.11. The minimum atomic E-state index is -4.49. The second-order valence-electron chi connectivity index (χ2n) is 17.4. The number of sulfone groups is 1. The molecule has 4 aromatic carbocycles. The standard InChI is InChI=1S/C47H58N4O11S4Si/c1-8-10-26-49-39-28-34(29-41(65(48,56)57)43(39)62-35-20-14-11-15-21-35)44(52)60-31-32(3)61-46(53)51(9-2)40-30-42(63-45-38(40)27-33(4)64(45,54)55)66(58,59)50-67(47(5,6)7,36-22-16-12-17-23-36)37-24-18-13-19-25-37/h11-25,28-30,32-33,40,49-50H,8-10,26-27,31H2,1-7H3,(H2,48,56,57)/t32?,33-,40-/m0/s1. The Hall–Kier alpha value is -4.96. The molecule has 0 spiro atoms. The Morgan fingerprint density at radius 2 is 1.51 bits per heavy atom. The Bertz CT molecular complexity index is 2820. The predicted molar refractivity (Wildman–Crippen MR) is 265 cm³/mol. The molecule has 0 aromatic heterocycles. The van der Waals surface area contributed by atoms with Gasteiger partial charge in [0, 0.05) is 13.1 Å². The van der Waals surface area contributed by atoms with Crippen LogP contribution in [0.3, 0.4) is 0 Å². The van der Waals surface area contributed by atoms with Gasteiger partial charge in [0.25, 0.3) is 0 Å². The lowest BCUT2D eigenvalue weighted by Gasteiger charge is -2.44. The third-order valence-corrected chi connectivity index (χ3v) is 24.7. The van der Waals surface area contributed by atoms with Gasteiger partial charge < -0.3 is 19.5 Å². The number of hydrogen-bond acceptors (Lipinski definition) is 13. The van der Waals surface area contributed by atoms with Gasteiger partial charge in [-0.1, -0.05) is 125 Å². The van der Waals surface area contributed by atoms with Crippen molar-refractivity contribution in [3.05, 3.63) is 129 Å². The van der Waals surface area contributed by atoms with Crippen LogP contribution in [0, 0.1) is 0 Å². The van der Waals surface area contributed by atoms with Crippen molar-refractivity contribution >= 4 is 78.0 Å². The zero-order chi connectivity index (χ0) is 49.0. The summed E-state index contributed by atoms with van der Waals surface area (Å²) in [6, 6.07) is 28.5. The summed E-state index contributed by atoms with van der Waals surface area (Å²) in [6.45, 7) is 12.5. The average Bonchev–Trinajstić information content (AvgIpc) is 3.52.